The predicted molar refractivity (Wildman–Crippen MR) is 77.8 cm³/mol. The lowest BCUT2D eigenvalue weighted by molar-refractivity contribution is -0.139. The molecule has 0 aromatic carbocycles. The van der Waals surface area contributed by atoms with E-state index in [4.69, 9.17) is 9.15 Å². The number of urea groups is 1. The van der Waals surface area contributed by atoms with Crippen molar-refractivity contribution in [1.82, 2.24) is 10.6 Å². The van der Waals surface area contributed by atoms with Gasteiger partial charge in [-0.15, -0.1) is 0 Å². The predicted octanol–water partition coefficient (Wildman–Crippen LogP) is 3.00. The molecule has 0 radical (unpaired) electrons. The molecule has 6 nitrogen and oxygen atoms in total. The van der Waals surface area contributed by atoms with Crippen molar-refractivity contribution in [3.05, 3.63) is 32.2 Å². The minimum Gasteiger partial charge on any atom is -0.463 e. The zero-order valence-electron chi connectivity index (χ0n) is 10.8. The quantitative estimate of drug-likeness (QED) is 0.754. The number of carbonyl (C=O) groups is 2. The summed E-state index contributed by atoms with van der Waals surface area (Å²) in [5.74, 6) is -0.0628. The standard InChI is InChI=1S/C12H12Br2N2O4/c1-3-19-11(17)8-5(2)15-12(18)16-9(8)7-4-6(13)10(14)20-7/h4,9H,3H2,1-2H3,(H2,15,16,18). The number of nitrogens with one attached hydrogen (secondary N) is 2. The average Bonchev–Trinajstić information content (AvgIpc) is 2.68. The smallest absolute Gasteiger partial charge is 0.338 e. The van der Waals surface area contributed by atoms with E-state index in [1.165, 1.54) is 0 Å². The SMILES string of the molecule is CCOC(=O)C1=C(C)NC(=O)NC1c1cc(Br)c(Br)o1. The number of furan rings is 1. The molecule has 2 amide bonds. The van der Waals surface area contributed by atoms with Gasteiger partial charge in [-0.1, -0.05) is 0 Å². The highest BCUT2D eigenvalue weighted by Crippen LogP contribution is 2.34. The average molecular weight is 408 g/mol. The van der Waals surface area contributed by atoms with E-state index < -0.39 is 18.0 Å². The van der Waals surface area contributed by atoms with Gasteiger partial charge in [-0.3, -0.25) is 0 Å². The first-order valence-electron chi connectivity index (χ1n) is 5.84. The van der Waals surface area contributed by atoms with Gasteiger partial charge in [-0.25, -0.2) is 9.59 Å². The van der Waals surface area contributed by atoms with Crippen LogP contribution in [0.5, 0.6) is 0 Å². The lowest BCUT2D eigenvalue weighted by Crippen LogP contribution is -2.45. The number of hydrogen-bond donors (Lipinski definition) is 2. The Balaban J connectivity index is 2.44. The van der Waals surface area contributed by atoms with Crippen molar-refractivity contribution >= 4 is 43.9 Å². The molecule has 108 valence electrons. The third-order valence-corrected chi connectivity index (χ3v) is 4.42. The lowest BCUT2D eigenvalue weighted by Gasteiger charge is -2.26. The summed E-state index contributed by atoms with van der Waals surface area (Å²) in [4.78, 5) is 23.7. The monoisotopic (exact) mass is 406 g/mol. The highest BCUT2D eigenvalue weighted by molar-refractivity contribution is 9.13. The molecule has 2 rings (SSSR count). The molecule has 0 spiro atoms. The molecule has 1 aromatic heterocycles. The van der Waals surface area contributed by atoms with Crippen LogP contribution in [0.15, 0.2) is 30.9 Å². The van der Waals surface area contributed by atoms with Crippen LogP contribution in [0.1, 0.15) is 25.6 Å². The Morgan fingerprint density at radius 1 is 1.50 bits per heavy atom. The van der Waals surface area contributed by atoms with Crippen molar-refractivity contribution in [2.45, 2.75) is 19.9 Å². The van der Waals surface area contributed by atoms with Gasteiger partial charge in [0, 0.05) is 5.70 Å². The van der Waals surface area contributed by atoms with Gasteiger partial charge < -0.3 is 19.8 Å². The van der Waals surface area contributed by atoms with Gasteiger partial charge in [0.05, 0.1) is 16.7 Å². The van der Waals surface area contributed by atoms with Crippen LogP contribution in [-0.4, -0.2) is 18.6 Å². The molecule has 0 fully saturated rings. The topological polar surface area (TPSA) is 80.6 Å². The second-order valence-corrected chi connectivity index (χ2v) is 5.64. The van der Waals surface area contributed by atoms with Crippen LogP contribution >= 0.6 is 31.9 Å². The molecule has 1 aromatic rings. The fourth-order valence-electron chi connectivity index (χ4n) is 1.89. The third-order valence-electron chi connectivity index (χ3n) is 2.71. The third kappa shape index (κ3) is 2.90. The first kappa shape index (κ1) is 15.1. The molecule has 1 unspecified atom stereocenters. The maximum Gasteiger partial charge on any atom is 0.338 e. The second kappa shape index (κ2) is 6.01. The number of allylic oxidation sites excluding steroid dienone is 1. The number of ether oxygens (including phenoxy) is 1. The fourth-order valence-corrected chi connectivity index (χ4v) is 2.50. The van der Waals surface area contributed by atoms with Crippen molar-refractivity contribution in [2.24, 2.45) is 0 Å². The van der Waals surface area contributed by atoms with Crippen LogP contribution in [0.4, 0.5) is 4.79 Å². The van der Waals surface area contributed by atoms with Gasteiger partial charge in [-0.05, 0) is 51.8 Å². The molecule has 0 aliphatic carbocycles. The van der Waals surface area contributed by atoms with E-state index in [0.717, 1.165) is 0 Å². The summed E-state index contributed by atoms with van der Waals surface area (Å²) < 4.78 is 11.7. The van der Waals surface area contributed by atoms with Crippen LogP contribution in [0.2, 0.25) is 0 Å². The highest BCUT2D eigenvalue weighted by Gasteiger charge is 2.34. The van der Waals surface area contributed by atoms with Crippen molar-refractivity contribution < 1.29 is 18.7 Å². The summed E-state index contributed by atoms with van der Waals surface area (Å²) in [6, 6.07) is 0.599. The summed E-state index contributed by atoms with van der Waals surface area (Å²) in [7, 11) is 0. The molecule has 1 aliphatic heterocycles. The molecule has 20 heavy (non-hydrogen) atoms. The lowest BCUT2D eigenvalue weighted by atomic mass is 10.0. The molecule has 0 saturated heterocycles. The second-order valence-electron chi connectivity index (χ2n) is 4.06. The van der Waals surface area contributed by atoms with Crippen LogP contribution in [0.3, 0.4) is 0 Å². The van der Waals surface area contributed by atoms with E-state index in [-0.39, 0.29) is 6.61 Å². The number of hydrogen-bond acceptors (Lipinski definition) is 4. The fraction of sp³-hybridized carbons (Fsp3) is 0.333. The Hall–Kier alpha value is -1.28. The number of halogens is 2. The van der Waals surface area contributed by atoms with Crippen LogP contribution < -0.4 is 10.6 Å². The van der Waals surface area contributed by atoms with Gasteiger partial charge in [0.2, 0.25) is 0 Å². The molecular weight excluding hydrogens is 396 g/mol. The zero-order valence-corrected chi connectivity index (χ0v) is 13.9. The summed E-state index contributed by atoms with van der Waals surface area (Å²) in [5, 5.41) is 5.20. The molecule has 2 N–H and O–H groups in total. The maximum atomic E-state index is 12.1. The summed E-state index contributed by atoms with van der Waals surface area (Å²) in [5.41, 5.74) is 0.765. The molecule has 1 aliphatic rings. The van der Waals surface area contributed by atoms with Gasteiger partial charge >= 0.3 is 12.0 Å². The minimum atomic E-state index is -0.689. The van der Waals surface area contributed by atoms with Crippen LogP contribution in [0, 0.1) is 0 Å². The zero-order chi connectivity index (χ0) is 14.9. The molecule has 2 heterocycles. The van der Waals surface area contributed by atoms with E-state index in [0.29, 0.717) is 26.2 Å². The molecule has 0 bridgehead atoms. The van der Waals surface area contributed by atoms with E-state index in [1.54, 1.807) is 19.9 Å². The van der Waals surface area contributed by atoms with Crippen molar-refractivity contribution in [1.29, 1.82) is 0 Å². The van der Waals surface area contributed by atoms with Gasteiger partial charge in [0.15, 0.2) is 4.67 Å². The number of amides is 2. The molecular formula is C12H12Br2N2O4. The summed E-state index contributed by atoms with van der Waals surface area (Å²) >= 11 is 6.53. The first-order valence-corrected chi connectivity index (χ1v) is 7.42. The molecule has 8 heteroatoms. The normalized spacial score (nSPS) is 18.6. The van der Waals surface area contributed by atoms with E-state index in [1.807, 2.05) is 0 Å². The highest BCUT2D eigenvalue weighted by atomic mass is 79.9. The van der Waals surface area contributed by atoms with E-state index in [9.17, 15) is 9.59 Å². The number of esters is 1. The largest absolute Gasteiger partial charge is 0.463 e. The minimum absolute atomic E-state index is 0.252. The Morgan fingerprint density at radius 2 is 2.20 bits per heavy atom. The summed E-state index contributed by atoms with van der Waals surface area (Å²) in [6.45, 7) is 3.62. The van der Waals surface area contributed by atoms with Crippen molar-refractivity contribution in [3.8, 4) is 0 Å². The van der Waals surface area contributed by atoms with Gasteiger partial charge in [0.1, 0.15) is 11.8 Å². The van der Waals surface area contributed by atoms with Gasteiger partial charge in [-0.2, -0.15) is 0 Å². The number of carbonyl (C=O) groups excluding carboxylic acids is 2. The number of rotatable bonds is 3. The molecule has 1 atom stereocenters. The van der Waals surface area contributed by atoms with Crippen LogP contribution in [0.25, 0.3) is 0 Å². The van der Waals surface area contributed by atoms with E-state index in [2.05, 4.69) is 42.5 Å². The van der Waals surface area contributed by atoms with Crippen molar-refractivity contribution in [3.63, 3.8) is 0 Å². The Kier molecular flexibility index (Phi) is 4.54. The maximum absolute atomic E-state index is 12.1. The van der Waals surface area contributed by atoms with Gasteiger partial charge in [0.25, 0.3) is 0 Å². The van der Waals surface area contributed by atoms with Crippen molar-refractivity contribution in [2.75, 3.05) is 6.61 Å². The molecule has 0 saturated carbocycles. The van der Waals surface area contributed by atoms with Crippen LogP contribution in [-0.2, 0) is 9.53 Å². The first-order chi connectivity index (χ1) is 9.43. The Morgan fingerprint density at radius 3 is 2.75 bits per heavy atom. The Labute approximate surface area is 132 Å². The Bertz CT molecular complexity index is 575. The summed E-state index contributed by atoms with van der Waals surface area (Å²) in [6.07, 6.45) is 0. The van der Waals surface area contributed by atoms with E-state index >= 15 is 0 Å².